The third-order valence-corrected chi connectivity index (χ3v) is 3.97. The van der Waals surface area contributed by atoms with E-state index in [-0.39, 0.29) is 12.1 Å². The lowest BCUT2D eigenvalue weighted by molar-refractivity contribution is 0.0479. The van der Waals surface area contributed by atoms with Crippen molar-refractivity contribution in [1.29, 1.82) is 0 Å². The van der Waals surface area contributed by atoms with Crippen molar-refractivity contribution in [3.8, 4) is 0 Å². The van der Waals surface area contributed by atoms with Crippen molar-refractivity contribution in [2.75, 3.05) is 20.3 Å². The van der Waals surface area contributed by atoms with Crippen molar-refractivity contribution >= 4 is 0 Å². The molecule has 0 spiro atoms. The smallest absolute Gasteiger partial charge is 0.0613 e. The Morgan fingerprint density at radius 3 is 2.56 bits per heavy atom. The first-order valence-electron chi connectivity index (χ1n) is 6.67. The maximum atomic E-state index is 9.38. The number of likely N-dealkylation sites (N-methyl/N-ethyl adjacent to an activating group) is 1. The van der Waals surface area contributed by atoms with Gasteiger partial charge < -0.3 is 15.2 Å². The molecule has 1 rings (SSSR count). The van der Waals surface area contributed by atoms with Crippen LogP contribution >= 0.6 is 0 Å². The average Bonchev–Trinajstić information content (AvgIpc) is 2.83. The standard InChI is InChI=1S/C13H27NO2/c1-3-13(11-15,14-2)9-6-10-16-12-7-4-5-8-12/h12,14-15H,3-11H2,1-2H3. The zero-order chi connectivity index (χ0) is 11.9. The van der Waals surface area contributed by atoms with Crippen molar-refractivity contribution in [3.05, 3.63) is 0 Å². The highest BCUT2D eigenvalue weighted by Crippen LogP contribution is 2.22. The summed E-state index contributed by atoms with van der Waals surface area (Å²) in [6.45, 7) is 3.17. The van der Waals surface area contributed by atoms with Crippen LogP contribution in [0.15, 0.2) is 0 Å². The van der Waals surface area contributed by atoms with Crippen LogP contribution in [0.4, 0.5) is 0 Å². The van der Waals surface area contributed by atoms with E-state index in [2.05, 4.69) is 12.2 Å². The molecule has 96 valence electrons. The number of aliphatic hydroxyl groups excluding tert-OH is 1. The molecule has 0 saturated heterocycles. The molecule has 3 heteroatoms. The average molecular weight is 229 g/mol. The largest absolute Gasteiger partial charge is 0.394 e. The number of aliphatic hydroxyl groups is 1. The van der Waals surface area contributed by atoms with Gasteiger partial charge in [-0.15, -0.1) is 0 Å². The Hall–Kier alpha value is -0.120. The summed E-state index contributed by atoms with van der Waals surface area (Å²) in [6, 6.07) is 0. The van der Waals surface area contributed by atoms with Crippen LogP contribution in [0.1, 0.15) is 51.9 Å². The number of hydrogen-bond donors (Lipinski definition) is 2. The molecule has 0 aromatic rings. The van der Waals surface area contributed by atoms with Gasteiger partial charge in [0, 0.05) is 12.1 Å². The van der Waals surface area contributed by atoms with Crippen LogP contribution in [0.5, 0.6) is 0 Å². The van der Waals surface area contributed by atoms with E-state index in [9.17, 15) is 5.11 Å². The highest BCUT2D eigenvalue weighted by atomic mass is 16.5. The van der Waals surface area contributed by atoms with Crippen LogP contribution in [-0.2, 0) is 4.74 Å². The minimum absolute atomic E-state index is 0.0982. The Bertz CT molecular complexity index is 167. The molecule has 0 bridgehead atoms. The Morgan fingerprint density at radius 2 is 2.06 bits per heavy atom. The molecular weight excluding hydrogens is 202 g/mol. The highest BCUT2D eigenvalue weighted by molar-refractivity contribution is 4.84. The molecule has 1 aliphatic carbocycles. The fourth-order valence-corrected chi connectivity index (χ4v) is 2.46. The van der Waals surface area contributed by atoms with E-state index in [0.29, 0.717) is 6.10 Å². The van der Waals surface area contributed by atoms with Gasteiger partial charge >= 0.3 is 0 Å². The van der Waals surface area contributed by atoms with Crippen LogP contribution < -0.4 is 5.32 Å². The van der Waals surface area contributed by atoms with E-state index in [1.807, 2.05) is 7.05 Å². The minimum atomic E-state index is -0.0982. The Morgan fingerprint density at radius 1 is 1.38 bits per heavy atom. The zero-order valence-corrected chi connectivity index (χ0v) is 10.8. The maximum absolute atomic E-state index is 9.38. The van der Waals surface area contributed by atoms with Crippen molar-refractivity contribution in [1.82, 2.24) is 5.32 Å². The van der Waals surface area contributed by atoms with E-state index in [1.54, 1.807) is 0 Å². The van der Waals surface area contributed by atoms with Crippen molar-refractivity contribution in [2.45, 2.75) is 63.5 Å². The fourth-order valence-electron chi connectivity index (χ4n) is 2.46. The van der Waals surface area contributed by atoms with Gasteiger partial charge in [0.15, 0.2) is 0 Å². The van der Waals surface area contributed by atoms with E-state index in [1.165, 1.54) is 25.7 Å². The van der Waals surface area contributed by atoms with E-state index in [4.69, 9.17) is 4.74 Å². The van der Waals surface area contributed by atoms with Gasteiger partial charge in [-0.25, -0.2) is 0 Å². The summed E-state index contributed by atoms with van der Waals surface area (Å²) in [5.41, 5.74) is -0.0982. The molecule has 2 N–H and O–H groups in total. The molecule has 1 saturated carbocycles. The summed E-state index contributed by atoms with van der Waals surface area (Å²) >= 11 is 0. The van der Waals surface area contributed by atoms with Gasteiger partial charge in [-0.2, -0.15) is 0 Å². The SMILES string of the molecule is CCC(CO)(CCCOC1CCCC1)NC. The van der Waals surface area contributed by atoms with E-state index in [0.717, 1.165) is 25.9 Å². The third-order valence-electron chi connectivity index (χ3n) is 3.97. The van der Waals surface area contributed by atoms with Crippen LogP contribution in [0.3, 0.4) is 0 Å². The van der Waals surface area contributed by atoms with Gasteiger partial charge in [-0.05, 0) is 39.2 Å². The summed E-state index contributed by atoms with van der Waals surface area (Å²) in [6.07, 6.45) is 8.64. The second-order valence-electron chi connectivity index (χ2n) is 4.92. The molecule has 0 aromatic heterocycles. The normalized spacial score (nSPS) is 21.2. The van der Waals surface area contributed by atoms with Crippen LogP contribution in [-0.4, -0.2) is 37.0 Å². The molecule has 0 radical (unpaired) electrons. The number of hydrogen-bond acceptors (Lipinski definition) is 3. The lowest BCUT2D eigenvalue weighted by atomic mass is 9.92. The van der Waals surface area contributed by atoms with Gasteiger partial charge in [0.2, 0.25) is 0 Å². The summed E-state index contributed by atoms with van der Waals surface area (Å²) < 4.78 is 5.82. The van der Waals surface area contributed by atoms with E-state index >= 15 is 0 Å². The van der Waals surface area contributed by atoms with Crippen molar-refractivity contribution < 1.29 is 9.84 Å². The predicted octanol–water partition coefficient (Wildman–Crippen LogP) is 2.09. The minimum Gasteiger partial charge on any atom is -0.394 e. The Labute approximate surface area is 99.6 Å². The van der Waals surface area contributed by atoms with Gasteiger partial charge in [-0.1, -0.05) is 19.8 Å². The second kappa shape index (κ2) is 7.25. The summed E-state index contributed by atoms with van der Waals surface area (Å²) in [7, 11) is 1.93. The molecule has 0 aromatic carbocycles. The second-order valence-corrected chi connectivity index (χ2v) is 4.92. The van der Waals surface area contributed by atoms with Crippen LogP contribution in [0.25, 0.3) is 0 Å². The maximum Gasteiger partial charge on any atom is 0.0613 e. The first-order chi connectivity index (χ1) is 7.76. The zero-order valence-electron chi connectivity index (χ0n) is 10.8. The van der Waals surface area contributed by atoms with Gasteiger partial charge in [0.05, 0.1) is 12.7 Å². The van der Waals surface area contributed by atoms with Crippen LogP contribution in [0, 0.1) is 0 Å². The fraction of sp³-hybridized carbons (Fsp3) is 1.00. The monoisotopic (exact) mass is 229 g/mol. The molecule has 0 heterocycles. The molecule has 16 heavy (non-hydrogen) atoms. The highest BCUT2D eigenvalue weighted by Gasteiger charge is 2.24. The summed E-state index contributed by atoms with van der Waals surface area (Å²) in [5, 5.41) is 12.6. The molecule has 1 unspecified atom stereocenters. The first-order valence-corrected chi connectivity index (χ1v) is 6.67. The number of ether oxygens (including phenoxy) is 1. The lowest BCUT2D eigenvalue weighted by Crippen LogP contribution is -2.46. The summed E-state index contributed by atoms with van der Waals surface area (Å²) in [5.74, 6) is 0. The summed E-state index contributed by atoms with van der Waals surface area (Å²) in [4.78, 5) is 0. The van der Waals surface area contributed by atoms with Gasteiger partial charge in [0.25, 0.3) is 0 Å². The third kappa shape index (κ3) is 4.04. The quantitative estimate of drug-likeness (QED) is 0.626. The number of rotatable bonds is 8. The van der Waals surface area contributed by atoms with E-state index < -0.39 is 0 Å². The van der Waals surface area contributed by atoms with Gasteiger partial charge in [-0.3, -0.25) is 0 Å². The van der Waals surface area contributed by atoms with Gasteiger partial charge in [0.1, 0.15) is 0 Å². The molecule has 0 aliphatic heterocycles. The predicted molar refractivity (Wildman–Crippen MR) is 66.6 cm³/mol. The number of nitrogens with one attached hydrogen (secondary N) is 1. The lowest BCUT2D eigenvalue weighted by Gasteiger charge is -2.30. The van der Waals surface area contributed by atoms with Crippen LogP contribution in [0.2, 0.25) is 0 Å². The molecule has 1 atom stereocenters. The molecule has 1 aliphatic rings. The first kappa shape index (κ1) is 13.9. The molecule has 0 amide bonds. The molecular formula is C13H27NO2. The topological polar surface area (TPSA) is 41.5 Å². The Kier molecular flexibility index (Phi) is 6.32. The molecule has 1 fully saturated rings. The molecule has 3 nitrogen and oxygen atoms in total. The van der Waals surface area contributed by atoms with Crippen molar-refractivity contribution in [3.63, 3.8) is 0 Å². The van der Waals surface area contributed by atoms with Crippen molar-refractivity contribution in [2.24, 2.45) is 0 Å². The Balaban J connectivity index is 2.12.